The average molecular weight is 436 g/mol. The molecule has 0 aliphatic carbocycles. The van der Waals surface area contributed by atoms with Crippen LogP contribution in [0.4, 0.5) is 5.69 Å². The summed E-state index contributed by atoms with van der Waals surface area (Å²) in [5.41, 5.74) is 2.09. The van der Waals surface area contributed by atoms with Crippen molar-refractivity contribution in [3.63, 3.8) is 0 Å². The number of methoxy groups -OCH3 is 2. The summed E-state index contributed by atoms with van der Waals surface area (Å²) in [5.74, 6) is 3.06. The van der Waals surface area contributed by atoms with Crippen LogP contribution in [0, 0.1) is 0 Å². The molecule has 0 atom stereocenters. The van der Waals surface area contributed by atoms with Crippen molar-refractivity contribution < 1.29 is 18.7 Å². The molecule has 7 nitrogen and oxygen atoms in total. The van der Waals surface area contributed by atoms with Gasteiger partial charge in [0, 0.05) is 50.3 Å². The van der Waals surface area contributed by atoms with Gasteiger partial charge < -0.3 is 23.7 Å². The molecule has 0 saturated carbocycles. The molecule has 1 fully saturated rings. The van der Waals surface area contributed by atoms with Crippen LogP contribution in [0.2, 0.25) is 0 Å². The maximum atomic E-state index is 12.8. The number of rotatable bonds is 7. The Hall–Kier alpha value is -3.48. The summed E-state index contributed by atoms with van der Waals surface area (Å²) in [6.45, 7) is 3.24. The Morgan fingerprint density at radius 1 is 0.938 bits per heavy atom. The van der Waals surface area contributed by atoms with Crippen LogP contribution in [0.3, 0.4) is 0 Å². The number of carbonyl (C=O) groups is 1. The summed E-state index contributed by atoms with van der Waals surface area (Å²) in [5, 5.41) is 0. The lowest BCUT2D eigenvalue weighted by molar-refractivity contribution is -0.131. The highest BCUT2D eigenvalue weighted by Crippen LogP contribution is 2.24. The van der Waals surface area contributed by atoms with Crippen LogP contribution in [0.25, 0.3) is 11.3 Å². The number of hydrogen-bond acceptors (Lipinski definition) is 6. The van der Waals surface area contributed by atoms with Crippen LogP contribution in [-0.4, -0.2) is 56.2 Å². The van der Waals surface area contributed by atoms with E-state index in [2.05, 4.69) is 22.0 Å². The van der Waals surface area contributed by atoms with Crippen molar-refractivity contribution in [3.05, 3.63) is 60.6 Å². The summed E-state index contributed by atoms with van der Waals surface area (Å²) in [7, 11) is 3.31. The third-order valence-corrected chi connectivity index (χ3v) is 5.77. The second-order valence-electron chi connectivity index (χ2n) is 7.77. The SMILES string of the molecule is COc1ccc(-c2cnc(CCC(=O)N3CCCN(c4ccc(OC)cc4)CC3)o2)cc1. The summed E-state index contributed by atoms with van der Waals surface area (Å²) in [6, 6.07) is 15.7. The molecule has 0 radical (unpaired) electrons. The molecule has 2 heterocycles. The van der Waals surface area contributed by atoms with E-state index in [0.29, 0.717) is 31.0 Å². The van der Waals surface area contributed by atoms with Gasteiger partial charge in [0.2, 0.25) is 5.91 Å². The van der Waals surface area contributed by atoms with E-state index in [9.17, 15) is 4.79 Å². The average Bonchev–Trinajstić information content (AvgIpc) is 3.18. The van der Waals surface area contributed by atoms with Crippen LogP contribution >= 0.6 is 0 Å². The molecule has 2 aromatic carbocycles. The van der Waals surface area contributed by atoms with Gasteiger partial charge in [0.05, 0.1) is 20.4 Å². The number of oxazole rings is 1. The number of ether oxygens (including phenoxy) is 2. The first-order chi connectivity index (χ1) is 15.7. The Balaban J connectivity index is 1.29. The second-order valence-corrected chi connectivity index (χ2v) is 7.77. The minimum Gasteiger partial charge on any atom is -0.497 e. The molecule has 7 heteroatoms. The molecular weight excluding hydrogens is 406 g/mol. The quantitative estimate of drug-likeness (QED) is 0.558. The molecular formula is C25H29N3O4. The van der Waals surface area contributed by atoms with Gasteiger partial charge in [-0.25, -0.2) is 4.98 Å². The normalized spacial score (nSPS) is 14.2. The van der Waals surface area contributed by atoms with E-state index in [0.717, 1.165) is 48.8 Å². The van der Waals surface area contributed by atoms with Gasteiger partial charge in [-0.3, -0.25) is 4.79 Å². The fourth-order valence-corrected chi connectivity index (χ4v) is 3.90. The van der Waals surface area contributed by atoms with Crippen molar-refractivity contribution in [2.24, 2.45) is 0 Å². The van der Waals surface area contributed by atoms with Gasteiger partial charge in [-0.05, 0) is 55.0 Å². The molecule has 1 aliphatic heterocycles. The molecule has 1 aromatic heterocycles. The molecule has 32 heavy (non-hydrogen) atoms. The maximum Gasteiger partial charge on any atom is 0.223 e. The van der Waals surface area contributed by atoms with Gasteiger partial charge in [0.25, 0.3) is 0 Å². The highest BCUT2D eigenvalue weighted by Gasteiger charge is 2.20. The van der Waals surface area contributed by atoms with Crippen LogP contribution in [0.1, 0.15) is 18.7 Å². The van der Waals surface area contributed by atoms with E-state index in [4.69, 9.17) is 13.9 Å². The molecule has 3 aromatic rings. The monoisotopic (exact) mass is 435 g/mol. The molecule has 1 saturated heterocycles. The Morgan fingerprint density at radius 3 is 2.31 bits per heavy atom. The fraction of sp³-hybridized carbons (Fsp3) is 0.360. The van der Waals surface area contributed by atoms with Gasteiger partial charge in [-0.15, -0.1) is 0 Å². The number of aryl methyl sites for hydroxylation is 1. The zero-order chi connectivity index (χ0) is 22.3. The largest absolute Gasteiger partial charge is 0.497 e. The van der Waals surface area contributed by atoms with Crippen molar-refractivity contribution in [2.75, 3.05) is 45.3 Å². The minimum absolute atomic E-state index is 0.144. The van der Waals surface area contributed by atoms with Gasteiger partial charge >= 0.3 is 0 Å². The summed E-state index contributed by atoms with van der Waals surface area (Å²) in [4.78, 5) is 21.4. The zero-order valence-electron chi connectivity index (χ0n) is 18.6. The third kappa shape index (κ3) is 5.22. The predicted octanol–water partition coefficient (Wildman–Crippen LogP) is 4.03. The first-order valence-corrected chi connectivity index (χ1v) is 10.9. The minimum atomic E-state index is 0.144. The van der Waals surface area contributed by atoms with Gasteiger partial charge in [0.15, 0.2) is 11.7 Å². The number of aromatic nitrogens is 1. The summed E-state index contributed by atoms with van der Waals surface area (Å²) >= 11 is 0. The number of nitrogens with zero attached hydrogens (tertiary/aromatic N) is 3. The number of hydrogen-bond donors (Lipinski definition) is 0. The van der Waals surface area contributed by atoms with Crippen molar-refractivity contribution in [1.29, 1.82) is 0 Å². The highest BCUT2D eigenvalue weighted by molar-refractivity contribution is 5.76. The maximum absolute atomic E-state index is 12.8. The van der Waals surface area contributed by atoms with E-state index >= 15 is 0 Å². The molecule has 0 spiro atoms. The summed E-state index contributed by atoms with van der Waals surface area (Å²) in [6.07, 6.45) is 3.54. The van der Waals surface area contributed by atoms with Gasteiger partial charge in [0.1, 0.15) is 11.5 Å². The third-order valence-electron chi connectivity index (χ3n) is 5.77. The molecule has 1 amide bonds. The predicted molar refractivity (Wildman–Crippen MR) is 123 cm³/mol. The lowest BCUT2D eigenvalue weighted by atomic mass is 10.2. The summed E-state index contributed by atoms with van der Waals surface area (Å²) < 4.78 is 16.3. The molecule has 168 valence electrons. The van der Waals surface area contributed by atoms with Crippen LogP contribution in [0.5, 0.6) is 11.5 Å². The number of benzene rings is 2. The van der Waals surface area contributed by atoms with Crippen molar-refractivity contribution in [2.45, 2.75) is 19.3 Å². The van der Waals surface area contributed by atoms with E-state index < -0.39 is 0 Å². The fourth-order valence-electron chi connectivity index (χ4n) is 3.90. The molecule has 4 rings (SSSR count). The van der Waals surface area contributed by atoms with E-state index in [1.54, 1.807) is 20.4 Å². The smallest absolute Gasteiger partial charge is 0.223 e. The standard InChI is InChI=1S/C25H29N3O4/c1-30-21-8-4-19(5-9-21)23-18-26-24(32-23)12-13-25(29)28-15-3-14-27(16-17-28)20-6-10-22(31-2)11-7-20/h4-11,18H,3,12-17H2,1-2H3. The lowest BCUT2D eigenvalue weighted by Gasteiger charge is -2.24. The number of anilines is 1. The molecule has 1 aliphatic rings. The Kier molecular flexibility index (Phi) is 6.94. The van der Waals surface area contributed by atoms with Gasteiger partial charge in [-0.2, -0.15) is 0 Å². The van der Waals surface area contributed by atoms with E-state index in [1.807, 2.05) is 41.3 Å². The topological polar surface area (TPSA) is 68.0 Å². The second kappa shape index (κ2) is 10.2. The molecule has 0 unspecified atom stereocenters. The lowest BCUT2D eigenvalue weighted by Crippen LogP contribution is -2.35. The van der Waals surface area contributed by atoms with Crippen LogP contribution in [-0.2, 0) is 11.2 Å². The Bertz CT molecular complexity index is 1010. The molecule has 0 N–H and O–H groups in total. The Labute approximate surface area is 188 Å². The van der Waals surface area contributed by atoms with Gasteiger partial charge in [-0.1, -0.05) is 0 Å². The number of carbonyl (C=O) groups excluding carboxylic acids is 1. The van der Waals surface area contributed by atoms with E-state index in [1.165, 1.54) is 0 Å². The molecule has 0 bridgehead atoms. The van der Waals surface area contributed by atoms with Crippen molar-refractivity contribution >= 4 is 11.6 Å². The van der Waals surface area contributed by atoms with Crippen molar-refractivity contribution in [3.8, 4) is 22.8 Å². The Morgan fingerprint density at radius 2 is 1.62 bits per heavy atom. The first kappa shape index (κ1) is 21.7. The van der Waals surface area contributed by atoms with Crippen LogP contribution in [0.15, 0.2) is 59.1 Å². The highest BCUT2D eigenvalue weighted by atomic mass is 16.5. The van der Waals surface area contributed by atoms with Crippen molar-refractivity contribution in [1.82, 2.24) is 9.88 Å². The van der Waals surface area contributed by atoms with E-state index in [-0.39, 0.29) is 5.91 Å². The van der Waals surface area contributed by atoms with Crippen LogP contribution < -0.4 is 14.4 Å². The first-order valence-electron chi connectivity index (χ1n) is 10.9. The zero-order valence-corrected chi connectivity index (χ0v) is 18.6. The number of amides is 1.